The van der Waals surface area contributed by atoms with Gasteiger partial charge in [-0.2, -0.15) is 26.3 Å². The highest BCUT2D eigenvalue weighted by molar-refractivity contribution is 4.76. The van der Waals surface area contributed by atoms with Crippen LogP contribution in [0.4, 0.5) is 26.3 Å². The van der Waals surface area contributed by atoms with Crippen LogP contribution >= 0.6 is 0 Å². The lowest BCUT2D eigenvalue weighted by atomic mass is 10.2. The maximum absolute atomic E-state index is 12.1. The van der Waals surface area contributed by atoms with Crippen LogP contribution in [0, 0.1) is 0 Å². The van der Waals surface area contributed by atoms with Crippen molar-refractivity contribution in [1.82, 2.24) is 5.32 Å². The summed E-state index contributed by atoms with van der Waals surface area (Å²) < 4.78 is 76.6. The van der Waals surface area contributed by atoms with Gasteiger partial charge in [-0.3, -0.25) is 0 Å². The van der Waals surface area contributed by atoms with E-state index in [-0.39, 0.29) is 6.42 Å². The second kappa shape index (κ2) is 6.78. The van der Waals surface area contributed by atoms with Gasteiger partial charge >= 0.3 is 12.4 Å². The van der Waals surface area contributed by atoms with Crippen molar-refractivity contribution in [2.75, 3.05) is 13.2 Å². The van der Waals surface area contributed by atoms with Crippen LogP contribution < -0.4 is 5.32 Å². The fourth-order valence-corrected chi connectivity index (χ4v) is 2.08. The number of ether oxygens (including phenoxy) is 1. The highest BCUT2D eigenvalue weighted by atomic mass is 19.4. The smallest absolute Gasteiger partial charge is 0.361 e. The molecule has 0 heterocycles. The molecule has 8 heteroatoms. The van der Waals surface area contributed by atoms with E-state index in [1.807, 2.05) is 0 Å². The van der Waals surface area contributed by atoms with E-state index in [9.17, 15) is 26.3 Å². The van der Waals surface area contributed by atoms with Crippen LogP contribution in [0.3, 0.4) is 0 Å². The number of hydrogen-bond donors (Lipinski definition) is 1. The van der Waals surface area contributed by atoms with Gasteiger partial charge in [0.25, 0.3) is 0 Å². The zero-order valence-corrected chi connectivity index (χ0v) is 10.3. The summed E-state index contributed by atoms with van der Waals surface area (Å²) in [6.45, 7) is -0.198. The molecule has 0 bridgehead atoms. The van der Waals surface area contributed by atoms with Crippen molar-refractivity contribution in [3.05, 3.63) is 0 Å². The summed E-state index contributed by atoms with van der Waals surface area (Å²) in [4.78, 5) is 0. The van der Waals surface area contributed by atoms with Crippen LogP contribution in [0.1, 0.15) is 32.1 Å². The molecule has 0 aromatic rings. The molecular formula is C11H17F6NO. The highest BCUT2D eigenvalue weighted by Crippen LogP contribution is 2.35. The average Bonchev–Trinajstić information content (AvgIpc) is 2.72. The van der Waals surface area contributed by atoms with Crippen molar-refractivity contribution in [2.45, 2.75) is 56.6 Å². The lowest BCUT2D eigenvalue weighted by Gasteiger charge is -2.23. The quantitative estimate of drug-likeness (QED) is 0.598. The Bertz CT molecular complexity index is 245. The predicted molar refractivity (Wildman–Crippen MR) is 56.7 cm³/mol. The molecule has 0 unspecified atom stereocenters. The van der Waals surface area contributed by atoms with Crippen molar-refractivity contribution in [3.8, 4) is 0 Å². The van der Waals surface area contributed by atoms with Gasteiger partial charge in [0.2, 0.25) is 6.10 Å². The number of rotatable bonds is 6. The number of hydrogen-bond acceptors (Lipinski definition) is 2. The molecule has 0 saturated heterocycles. The Morgan fingerprint density at radius 1 is 1.00 bits per heavy atom. The minimum absolute atomic E-state index is 0.124. The minimum Gasteiger partial charge on any atom is -0.361 e. The second-order valence-corrected chi connectivity index (χ2v) is 4.62. The molecule has 1 aliphatic rings. The molecule has 0 aromatic carbocycles. The predicted octanol–water partition coefficient (Wildman–Crippen LogP) is 3.42. The number of alkyl halides is 6. The van der Waals surface area contributed by atoms with E-state index in [0.29, 0.717) is 12.6 Å². The van der Waals surface area contributed by atoms with Gasteiger partial charge in [-0.25, -0.2) is 0 Å². The second-order valence-electron chi connectivity index (χ2n) is 4.62. The van der Waals surface area contributed by atoms with Crippen LogP contribution in [0.5, 0.6) is 0 Å². The Morgan fingerprint density at radius 3 is 2.00 bits per heavy atom. The van der Waals surface area contributed by atoms with Crippen molar-refractivity contribution in [3.63, 3.8) is 0 Å². The van der Waals surface area contributed by atoms with Crippen molar-refractivity contribution < 1.29 is 31.1 Å². The Kier molecular flexibility index (Phi) is 5.91. The Labute approximate surface area is 107 Å². The first-order valence-electron chi connectivity index (χ1n) is 6.19. The highest BCUT2D eigenvalue weighted by Gasteiger charge is 2.57. The van der Waals surface area contributed by atoms with Crippen molar-refractivity contribution in [1.29, 1.82) is 0 Å². The van der Waals surface area contributed by atoms with E-state index in [2.05, 4.69) is 10.1 Å². The molecule has 0 radical (unpaired) electrons. The SMILES string of the molecule is FC(F)(F)C(OCCCNC1CCCC1)C(F)(F)F. The van der Waals surface area contributed by atoms with Crippen LogP contribution in [0.15, 0.2) is 0 Å². The van der Waals surface area contributed by atoms with Crippen molar-refractivity contribution in [2.24, 2.45) is 0 Å². The van der Waals surface area contributed by atoms with Gasteiger partial charge in [-0.05, 0) is 25.8 Å². The summed E-state index contributed by atoms with van der Waals surface area (Å²) in [6, 6.07) is 0.334. The van der Waals surface area contributed by atoms with Gasteiger partial charge in [-0.15, -0.1) is 0 Å². The molecule has 1 rings (SSSR count). The first kappa shape index (κ1) is 16.6. The molecule has 1 N–H and O–H groups in total. The molecule has 19 heavy (non-hydrogen) atoms. The third-order valence-electron chi connectivity index (χ3n) is 2.99. The average molecular weight is 293 g/mol. The van der Waals surface area contributed by atoms with Gasteiger partial charge in [0.05, 0.1) is 0 Å². The molecule has 0 atom stereocenters. The van der Waals surface area contributed by atoms with Gasteiger partial charge in [0.15, 0.2) is 0 Å². The fourth-order valence-electron chi connectivity index (χ4n) is 2.08. The number of halogens is 6. The topological polar surface area (TPSA) is 21.3 Å². The molecule has 0 amide bonds. The van der Waals surface area contributed by atoms with E-state index in [1.54, 1.807) is 0 Å². The van der Waals surface area contributed by atoms with Gasteiger partial charge in [0.1, 0.15) is 0 Å². The van der Waals surface area contributed by atoms with E-state index in [4.69, 9.17) is 0 Å². The Morgan fingerprint density at radius 2 is 1.53 bits per heavy atom. The maximum atomic E-state index is 12.1. The Hall–Kier alpha value is -0.500. The normalized spacial score (nSPS) is 18.5. The first-order valence-corrected chi connectivity index (χ1v) is 6.19. The molecule has 0 aromatic heterocycles. The summed E-state index contributed by atoms with van der Waals surface area (Å²) in [5.74, 6) is 0. The van der Waals surface area contributed by atoms with Gasteiger partial charge in [0, 0.05) is 12.6 Å². The first-order chi connectivity index (χ1) is 8.71. The lowest BCUT2D eigenvalue weighted by Crippen LogP contribution is -2.44. The number of nitrogens with one attached hydrogen (secondary N) is 1. The molecule has 0 aliphatic heterocycles. The largest absolute Gasteiger partial charge is 0.423 e. The van der Waals surface area contributed by atoms with Crippen molar-refractivity contribution >= 4 is 0 Å². The summed E-state index contributed by atoms with van der Waals surface area (Å²) in [7, 11) is 0. The summed E-state index contributed by atoms with van der Waals surface area (Å²) >= 11 is 0. The molecular weight excluding hydrogens is 276 g/mol. The summed E-state index contributed by atoms with van der Waals surface area (Å²) in [5.41, 5.74) is 0. The van der Waals surface area contributed by atoms with E-state index >= 15 is 0 Å². The Balaban J connectivity index is 2.21. The van der Waals surface area contributed by atoms with Crippen LogP contribution in [-0.4, -0.2) is 37.7 Å². The third-order valence-corrected chi connectivity index (χ3v) is 2.99. The molecule has 1 saturated carbocycles. The van der Waals surface area contributed by atoms with Crippen LogP contribution in [0.2, 0.25) is 0 Å². The summed E-state index contributed by atoms with van der Waals surface area (Å²) in [5, 5.41) is 3.09. The zero-order valence-electron chi connectivity index (χ0n) is 10.3. The van der Waals surface area contributed by atoms with Crippen LogP contribution in [0.25, 0.3) is 0 Å². The van der Waals surface area contributed by atoms with E-state index in [1.165, 1.54) is 0 Å². The molecule has 0 spiro atoms. The monoisotopic (exact) mass is 293 g/mol. The molecule has 1 fully saturated rings. The van der Waals surface area contributed by atoms with Gasteiger partial charge in [-0.1, -0.05) is 12.8 Å². The zero-order chi connectivity index (χ0) is 14.5. The maximum Gasteiger partial charge on any atom is 0.423 e. The lowest BCUT2D eigenvalue weighted by molar-refractivity contribution is -0.321. The molecule has 1 aliphatic carbocycles. The fraction of sp³-hybridized carbons (Fsp3) is 1.00. The molecule has 114 valence electrons. The summed E-state index contributed by atoms with van der Waals surface area (Å²) in [6.07, 6.45) is -10.2. The van der Waals surface area contributed by atoms with E-state index < -0.39 is 25.1 Å². The third kappa shape index (κ3) is 5.99. The van der Waals surface area contributed by atoms with E-state index in [0.717, 1.165) is 25.7 Å². The minimum atomic E-state index is -5.42. The van der Waals surface area contributed by atoms with Gasteiger partial charge < -0.3 is 10.1 Å². The molecule has 2 nitrogen and oxygen atoms in total. The standard InChI is InChI=1S/C11H17F6NO/c12-10(13,14)9(11(15,16)17)19-7-3-6-18-8-4-1-2-5-8/h8-9,18H,1-7H2. The van der Waals surface area contributed by atoms with Crippen LogP contribution in [-0.2, 0) is 4.74 Å².